The molecule has 50 heavy (non-hydrogen) atoms. The van der Waals surface area contributed by atoms with Crippen molar-refractivity contribution in [3.8, 4) is 0 Å². The van der Waals surface area contributed by atoms with E-state index < -0.39 is 0 Å². The number of amides is 2. The van der Waals surface area contributed by atoms with Crippen LogP contribution < -0.4 is 10.6 Å². The molecule has 0 spiro atoms. The van der Waals surface area contributed by atoms with Crippen molar-refractivity contribution in [2.45, 2.75) is 63.5 Å². The molecule has 2 aromatic carbocycles. The highest BCUT2D eigenvalue weighted by atomic mass is 16.5. The Balaban J connectivity index is 0.000000157. The van der Waals surface area contributed by atoms with E-state index in [0.717, 1.165) is 124 Å². The van der Waals surface area contributed by atoms with Crippen molar-refractivity contribution >= 4 is 45.0 Å². The molecule has 2 aromatic heterocycles. The van der Waals surface area contributed by atoms with Gasteiger partial charge in [0.05, 0.1) is 48.8 Å². The SMILES string of the molecule is O=C(Nc1cccc2cccnc12)[C@@H]1CCC[C@H](N2CCOCC2)C1.O=C(Nc1cccc2cccnc12)[C@@H]1CCC[C@H](N2CCOCC2)C1. The summed E-state index contributed by atoms with van der Waals surface area (Å²) in [6.07, 6.45) is 12.0. The molecule has 2 saturated heterocycles. The van der Waals surface area contributed by atoms with Crippen LogP contribution in [0.25, 0.3) is 21.8 Å². The molecule has 0 radical (unpaired) electrons. The Morgan fingerprint density at radius 2 is 1.00 bits per heavy atom. The Bertz CT molecular complexity index is 1600. The van der Waals surface area contributed by atoms with Crippen molar-refractivity contribution in [3.63, 3.8) is 0 Å². The van der Waals surface area contributed by atoms with Gasteiger partial charge in [-0.15, -0.1) is 0 Å². The number of para-hydroxylation sites is 2. The molecule has 4 atom stereocenters. The van der Waals surface area contributed by atoms with Gasteiger partial charge in [-0.3, -0.25) is 29.4 Å². The fraction of sp³-hybridized carbons (Fsp3) is 0.500. The van der Waals surface area contributed by atoms with Gasteiger partial charge in [0.2, 0.25) is 11.8 Å². The van der Waals surface area contributed by atoms with E-state index in [4.69, 9.17) is 9.47 Å². The van der Waals surface area contributed by atoms with E-state index in [1.54, 1.807) is 12.4 Å². The molecule has 10 heteroatoms. The van der Waals surface area contributed by atoms with Crippen molar-refractivity contribution < 1.29 is 19.1 Å². The first kappa shape index (κ1) is 34.5. The molecule has 4 aromatic rings. The van der Waals surface area contributed by atoms with Crippen molar-refractivity contribution in [2.24, 2.45) is 11.8 Å². The van der Waals surface area contributed by atoms with Gasteiger partial charge in [0.15, 0.2) is 0 Å². The molecule has 0 unspecified atom stereocenters. The number of rotatable bonds is 6. The molecule has 0 bridgehead atoms. The van der Waals surface area contributed by atoms with Gasteiger partial charge in [-0.25, -0.2) is 0 Å². The number of fused-ring (bicyclic) bond motifs is 2. The van der Waals surface area contributed by atoms with Crippen molar-refractivity contribution in [3.05, 3.63) is 73.1 Å². The maximum atomic E-state index is 12.9. The standard InChI is InChI=1S/2C20H25N3O2/c2*24-20(22-18-8-2-4-15-6-3-9-21-19(15)18)16-5-1-7-17(14-16)23-10-12-25-13-11-23/h2*2-4,6,8-9,16-17H,1,5,7,10-14H2,(H,22,24)/t2*16-,17+/m11/s1. The van der Waals surface area contributed by atoms with Gasteiger partial charge in [-0.1, -0.05) is 49.2 Å². The summed E-state index contributed by atoms with van der Waals surface area (Å²) >= 11 is 0. The summed E-state index contributed by atoms with van der Waals surface area (Å²) in [6.45, 7) is 7.23. The molecule has 2 aliphatic heterocycles. The van der Waals surface area contributed by atoms with E-state index in [1.807, 2.05) is 60.7 Å². The zero-order valence-electron chi connectivity index (χ0n) is 29.0. The number of hydrogen-bond acceptors (Lipinski definition) is 8. The predicted octanol–water partition coefficient (Wildman–Crippen LogP) is 6.13. The third kappa shape index (κ3) is 8.49. The number of carbonyl (C=O) groups excluding carboxylic acids is 2. The van der Waals surface area contributed by atoms with Gasteiger partial charge in [0, 0.05) is 73.3 Å². The third-order valence-corrected chi connectivity index (χ3v) is 10.9. The fourth-order valence-corrected chi connectivity index (χ4v) is 8.23. The van der Waals surface area contributed by atoms with Gasteiger partial charge in [0.25, 0.3) is 0 Å². The first-order valence-corrected chi connectivity index (χ1v) is 18.5. The normalized spacial score (nSPS) is 25.0. The van der Waals surface area contributed by atoms with Gasteiger partial charge in [-0.2, -0.15) is 0 Å². The van der Waals surface area contributed by atoms with Crippen LogP contribution in [0.2, 0.25) is 0 Å². The topological polar surface area (TPSA) is 109 Å². The van der Waals surface area contributed by atoms with Crippen LogP contribution in [0.1, 0.15) is 51.4 Å². The summed E-state index contributed by atoms with van der Waals surface area (Å²) in [5, 5.41) is 8.37. The van der Waals surface area contributed by atoms with Crippen LogP contribution in [-0.2, 0) is 19.1 Å². The van der Waals surface area contributed by atoms with Crippen LogP contribution in [-0.4, -0.2) is 96.3 Å². The molecule has 2 amide bonds. The third-order valence-electron chi connectivity index (χ3n) is 10.9. The number of morpholine rings is 2. The Morgan fingerprint density at radius 3 is 1.44 bits per heavy atom. The lowest BCUT2D eigenvalue weighted by atomic mass is 9.84. The van der Waals surface area contributed by atoms with Crippen LogP contribution in [0, 0.1) is 11.8 Å². The molecule has 2 aliphatic carbocycles. The smallest absolute Gasteiger partial charge is 0.227 e. The van der Waals surface area contributed by atoms with Crippen molar-refractivity contribution in [1.29, 1.82) is 0 Å². The van der Waals surface area contributed by atoms with Crippen LogP contribution in [0.3, 0.4) is 0 Å². The molecule has 4 aliphatic rings. The summed E-state index contributed by atoms with van der Waals surface area (Å²) in [7, 11) is 0. The highest BCUT2D eigenvalue weighted by molar-refractivity contribution is 6.02. The number of nitrogens with one attached hydrogen (secondary N) is 2. The average molecular weight is 679 g/mol. The maximum absolute atomic E-state index is 12.9. The summed E-state index contributed by atoms with van der Waals surface area (Å²) in [5.41, 5.74) is 3.35. The lowest BCUT2D eigenvalue weighted by Gasteiger charge is -2.38. The van der Waals surface area contributed by atoms with Crippen molar-refractivity contribution in [1.82, 2.24) is 19.8 Å². The van der Waals surface area contributed by atoms with Crippen molar-refractivity contribution in [2.75, 3.05) is 63.2 Å². The Kier molecular flexibility index (Phi) is 11.6. The average Bonchev–Trinajstić information content (AvgIpc) is 3.19. The second-order valence-electron chi connectivity index (χ2n) is 14.1. The fourth-order valence-electron chi connectivity index (χ4n) is 8.23. The van der Waals surface area contributed by atoms with Crippen LogP contribution in [0.5, 0.6) is 0 Å². The van der Waals surface area contributed by atoms with Gasteiger partial charge < -0.3 is 20.1 Å². The molecular formula is C40H50N6O4. The number of aromatic nitrogens is 2. The van der Waals surface area contributed by atoms with E-state index in [9.17, 15) is 9.59 Å². The van der Waals surface area contributed by atoms with E-state index in [-0.39, 0.29) is 23.7 Å². The first-order chi connectivity index (χ1) is 24.6. The predicted molar refractivity (Wildman–Crippen MR) is 197 cm³/mol. The second-order valence-corrected chi connectivity index (χ2v) is 14.1. The highest BCUT2D eigenvalue weighted by Gasteiger charge is 2.33. The monoisotopic (exact) mass is 678 g/mol. The summed E-state index contributed by atoms with van der Waals surface area (Å²) in [6, 6.07) is 20.8. The minimum atomic E-state index is 0.0839. The van der Waals surface area contributed by atoms with Gasteiger partial charge >= 0.3 is 0 Å². The van der Waals surface area contributed by atoms with E-state index in [1.165, 1.54) is 12.8 Å². The first-order valence-electron chi connectivity index (χ1n) is 18.5. The Hall–Kier alpha value is -3.96. The maximum Gasteiger partial charge on any atom is 0.227 e. The summed E-state index contributed by atoms with van der Waals surface area (Å²) in [4.78, 5) is 39.6. The number of pyridine rings is 2. The van der Waals surface area contributed by atoms with E-state index in [0.29, 0.717) is 12.1 Å². The number of hydrogen-bond donors (Lipinski definition) is 2. The zero-order chi connectivity index (χ0) is 34.1. The van der Waals surface area contributed by atoms with Gasteiger partial charge in [0.1, 0.15) is 0 Å². The zero-order valence-corrected chi connectivity index (χ0v) is 29.0. The van der Waals surface area contributed by atoms with E-state index in [2.05, 4.69) is 30.4 Å². The van der Waals surface area contributed by atoms with E-state index >= 15 is 0 Å². The lowest BCUT2D eigenvalue weighted by Crippen LogP contribution is -2.46. The number of carbonyl (C=O) groups is 2. The summed E-state index contributed by atoms with van der Waals surface area (Å²) < 4.78 is 10.9. The molecule has 2 N–H and O–H groups in total. The lowest BCUT2D eigenvalue weighted by molar-refractivity contribution is -0.122. The largest absolute Gasteiger partial charge is 0.379 e. The molecular weight excluding hydrogens is 628 g/mol. The molecule has 4 heterocycles. The Morgan fingerprint density at radius 1 is 0.580 bits per heavy atom. The number of nitrogens with zero attached hydrogens (tertiary/aromatic N) is 4. The van der Waals surface area contributed by atoms with Gasteiger partial charge in [-0.05, 0) is 62.8 Å². The molecule has 8 rings (SSSR count). The molecule has 4 fully saturated rings. The number of benzene rings is 2. The number of anilines is 2. The second kappa shape index (κ2) is 16.8. The molecule has 2 saturated carbocycles. The highest BCUT2D eigenvalue weighted by Crippen LogP contribution is 2.32. The minimum Gasteiger partial charge on any atom is -0.379 e. The van der Waals surface area contributed by atoms with Crippen LogP contribution in [0.4, 0.5) is 11.4 Å². The van der Waals surface area contributed by atoms with Crippen LogP contribution in [0.15, 0.2) is 73.1 Å². The summed E-state index contributed by atoms with van der Waals surface area (Å²) in [5.74, 6) is 0.438. The molecule has 264 valence electrons. The van der Waals surface area contributed by atoms with Crippen LogP contribution >= 0.6 is 0 Å². The Labute approximate surface area is 294 Å². The molecule has 10 nitrogen and oxygen atoms in total. The number of ether oxygens (including phenoxy) is 2. The quantitative estimate of drug-likeness (QED) is 0.251. The minimum absolute atomic E-state index is 0.0839.